The van der Waals surface area contributed by atoms with Gasteiger partial charge in [0.2, 0.25) is 0 Å². The highest BCUT2D eigenvalue weighted by atomic mass is 33.1. The van der Waals surface area contributed by atoms with Crippen LogP contribution in [0.3, 0.4) is 0 Å². The summed E-state index contributed by atoms with van der Waals surface area (Å²) >= 11 is 0. The molecular formula is C4H8N2O4S2. The number of hydrogen-bond acceptors (Lipinski definition) is 8. The predicted octanol–water partition coefficient (Wildman–Crippen LogP) is -0.798. The van der Waals surface area contributed by atoms with Gasteiger partial charge in [0.1, 0.15) is 11.5 Å². The third-order valence-electron chi connectivity index (χ3n) is 0.700. The second-order valence-electron chi connectivity index (χ2n) is 1.50. The van der Waals surface area contributed by atoms with Crippen LogP contribution < -0.4 is 11.8 Å². The van der Waals surface area contributed by atoms with Crippen LogP contribution in [0.15, 0.2) is 0 Å². The Balaban J connectivity index is 3.21. The van der Waals surface area contributed by atoms with Gasteiger partial charge in [-0.3, -0.25) is 0 Å². The highest BCUT2D eigenvalue weighted by Gasteiger charge is 2.04. The first-order chi connectivity index (χ1) is 5.70. The van der Waals surface area contributed by atoms with E-state index in [1.165, 1.54) is 0 Å². The number of nitrogens with two attached hydrogens (primary N) is 2. The lowest BCUT2D eigenvalue weighted by Gasteiger charge is -1.97. The fourth-order valence-corrected chi connectivity index (χ4v) is 1.82. The van der Waals surface area contributed by atoms with Crippen LogP contribution in [0.1, 0.15) is 0 Å². The van der Waals surface area contributed by atoms with E-state index in [4.69, 9.17) is 0 Å². The molecule has 0 saturated heterocycles. The summed E-state index contributed by atoms with van der Waals surface area (Å²) < 4.78 is 0. The Kier molecular flexibility index (Phi) is 6.96. The van der Waals surface area contributed by atoms with E-state index >= 15 is 0 Å². The van der Waals surface area contributed by atoms with E-state index in [2.05, 4.69) is 21.5 Å². The van der Waals surface area contributed by atoms with Gasteiger partial charge in [-0.05, 0) is 0 Å². The number of carbonyl (C=O) groups excluding carboxylic acids is 2. The summed E-state index contributed by atoms with van der Waals surface area (Å²) in [6, 6.07) is 0. The minimum atomic E-state index is -0.548. The van der Waals surface area contributed by atoms with E-state index in [-0.39, 0.29) is 11.5 Å². The van der Waals surface area contributed by atoms with Crippen LogP contribution in [-0.4, -0.2) is 23.4 Å². The summed E-state index contributed by atoms with van der Waals surface area (Å²) in [6.45, 7) is 0. The van der Waals surface area contributed by atoms with Gasteiger partial charge in [-0.2, -0.15) is 11.8 Å². The maximum atomic E-state index is 10.4. The van der Waals surface area contributed by atoms with Crippen LogP contribution in [0.25, 0.3) is 0 Å². The third kappa shape index (κ3) is 6.28. The van der Waals surface area contributed by atoms with Gasteiger partial charge in [0.15, 0.2) is 0 Å². The third-order valence-corrected chi connectivity index (χ3v) is 2.78. The molecule has 0 radical (unpaired) electrons. The predicted molar refractivity (Wildman–Crippen MR) is 45.5 cm³/mol. The quantitative estimate of drug-likeness (QED) is 0.347. The second kappa shape index (κ2) is 7.22. The lowest BCUT2D eigenvalue weighted by atomic mass is 10.8. The molecule has 0 aromatic carbocycles. The Hall–Kier alpha value is -0.440. The van der Waals surface area contributed by atoms with E-state index in [1.54, 1.807) is 0 Å². The molecule has 6 nitrogen and oxygen atoms in total. The minimum Gasteiger partial charge on any atom is -0.373 e. The molecule has 0 atom stereocenters. The molecule has 0 aliphatic rings. The zero-order valence-electron chi connectivity index (χ0n) is 6.02. The van der Waals surface area contributed by atoms with Crippen LogP contribution >= 0.6 is 21.6 Å². The zero-order valence-corrected chi connectivity index (χ0v) is 7.65. The first kappa shape index (κ1) is 11.6. The lowest BCUT2D eigenvalue weighted by molar-refractivity contribution is -0.141. The van der Waals surface area contributed by atoms with Crippen molar-refractivity contribution in [2.75, 3.05) is 11.5 Å². The largest absolute Gasteiger partial charge is 0.373 e. The first-order valence-electron chi connectivity index (χ1n) is 2.74. The van der Waals surface area contributed by atoms with Gasteiger partial charge < -0.3 is 9.68 Å². The Morgan fingerprint density at radius 1 is 1.00 bits per heavy atom. The molecule has 12 heavy (non-hydrogen) atoms. The van der Waals surface area contributed by atoms with Gasteiger partial charge in [-0.25, -0.2) is 9.59 Å². The highest BCUT2D eigenvalue weighted by Crippen LogP contribution is 2.20. The Bertz CT molecular complexity index is 147. The number of rotatable bonds is 5. The zero-order chi connectivity index (χ0) is 9.40. The maximum absolute atomic E-state index is 10.4. The fourth-order valence-electron chi connectivity index (χ4n) is 0.248. The van der Waals surface area contributed by atoms with E-state index < -0.39 is 11.9 Å². The molecule has 0 heterocycles. The van der Waals surface area contributed by atoms with Crippen molar-refractivity contribution in [2.45, 2.75) is 0 Å². The van der Waals surface area contributed by atoms with Crippen LogP contribution in [-0.2, 0) is 19.3 Å². The van der Waals surface area contributed by atoms with Crippen molar-refractivity contribution in [3.63, 3.8) is 0 Å². The standard InChI is InChI=1S/C4H8N2O4S2/c5-9-3(7)1-11-12-2-4(8)10-6/h1-2,5-6H2. The van der Waals surface area contributed by atoms with Crippen molar-refractivity contribution in [2.24, 2.45) is 11.8 Å². The maximum Gasteiger partial charge on any atom is 0.335 e. The van der Waals surface area contributed by atoms with Gasteiger partial charge in [0, 0.05) is 0 Å². The molecule has 0 aliphatic carbocycles. The molecule has 0 rings (SSSR count). The highest BCUT2D eigenvalue weighted by molar-refractivity contribution is 8.77. The molecule has 0 aromatic heterocycles. The molecule has 0 spiro atoms. The summed E-state index contributed by atoms with van der Waals surface area (Å²) in [7, 11) is 2.27. The molecular weight excluding hydrogens is 204 g/mol. The normalized spacial score (nSPS) is 9.17. The Labute approximate surface area is 76.6 Å². The molecule has 0 fully saturated rings. The molecule has 0 bridgehead atoms. The van der Waals surface area contributed by atoms with Gasteiger partial charge in [-0.15, -0.1) is 0 Å². The second-order valence-corrected chi connectivity index (χ2v) is 3.97. The summed E-state index contributed by atoms with van der Waals surface area (Å²) in [5, 5.41) is 0. The van der Waals surface area contributed by atoms with Crippen molar-refractivity contribution >= 4 is 33.5 Å². The van der Waals surface area contributed by atoms with E-state index in [9.17, 15) is 9.59 Å². The smallest absolute Gasteiger partial charge is 0.335 e. The van der Waals surface area contributed by atoms with Gasteiger partial charge in [0.25, 0.3) is 0 Å². The number of hydrogen-bond donors (Lipinski definition) is 2. The van der Waals surface area contributed by atoms with E-state index in [1.807, 2.05) is 0 Å². The summed E-state index contributed by atoms with van der Waals surface area (Å²) in [4.78, 5) is 28.5. The minimum absolute atomic E-state index is 0.0824. The Morgan fingerprint density at radius 2 is 1.33 bits per heavy atom. The van der Waals surface area contributed by atoms with Crippen molar-refractivity contribution in [1.82, 2.24) is 0 Å². The average molecular weight is 212 g/mol. The van der Waals surface area contributed by atoms with E-state index in [0.717, 1.165) is 21.6 Å². The summed E-state index contributed by atoms with van der Waals surface area (Å²) in [5.74, 6) is 8.18. The fraction of sp³-hybridized carbons (Fsp3) is 0.500. The summed E-state index contributed by atoms with van der Waals surface area (Å²) in [5.41, 5.74) is 0. The van der Waals surface area contributed by atoms with Crippen molar-refractivity contribution < 1.29 is 19.3 Å². The molecule has 70 valence electrons. The van der Waals surface area contributed by atoms with Crippen molar-refractivity contribution in [3.8, 4) is 0 Å². The lowest BCUT2D eigenvalue weighted by Crippen LogP contribution is -2.13. The molecule has 0 saturated carbocycles. The monoisotopic (exact) mass is 212 g/mol. The average Bonchev–Trinajstić information content (AvgIpc) is 2.11. The van der Waals surface area contributed by atoms with Crippen LogP contribution in [0.2, 0.25) is 0 Å². The first-order valence-corrected chi connectivity index (χ1v) is 5.23. The summed E-state index contributed by atoms with van der Waals surface area (Å²) in [6.07, 6.45) is 0. The molecule has 0 aliphatic heterocycles. The van der Waals surface area contributed by atoms with Crippen molar-refractivity contribution in [3.05, 3.63) is 0 Å². The van der Waals surface area contributed by atoms with Crippen LogP contribution in [0.5, 0.6) is 0 Å². The molecule has 0 aromatic rings. The Morgan fingerprint density at radius 3 is 1.58 bits per heavy atom. The SMILES string of the molecule is NOC(=O)CSSCC(=O)ON. The molecule has 0 amide bonds. The molecule has 8 heteroatoms. The molecule has 0 unspecified atom stereocenters. The van der Waals surface area contributed by atoms with Crippen LogP contribution in [0.4, 0.5) is 0 Å². The molecule has 4 N–H and O–H groups in total. The van der Waals surface area contributed by atoms with Gasteiger partial charge in [0.05, 0.1) is 0 Å². The van der Waals surface area contributed by atoms with Gasteiger partial charge in [-0.1, -0.05) is 21.6 Å². The topological polar surface area (TPSA) is 105 Å². The van der Waals surface area contributed by atoms with Crippen LogP contribution in [0, 0.1) is 0 Å². The van der Waals surface area contributed by atoms with Crippen molar-refractivity contribution in [1.29, 1.82) is 0 Å². The van der Waals surface area contributed by atoms with Gasteiger partial charge >= 0.3 is 11.9 Å². The van der Waals surface area contributed by atoms with E-state index in [0.29, 0.717) is 0 Å². The number of carbonyl (C=O) groups is 2.